The van der Waals surface area contributed by atoms with Crippen LogP contribution in [0.3, 0.4) is 0 Å². The van der Waals surface area contributed by atoms with E-state index in [0.717, 1.165) is 12.5 Å². The number of nitrogens with zero attached hydrogens (tertiary/aromatic N) is 1. The highest BCUT2D eigenvalue weighted by Crippen LogP contribution is 2.32. The van der Waals surface area contributed by atoms with Gasteiger partial charge in [0.05, 0.1) is 12.0 Å². The SMILES string of the molecule is NC[C@@H]1CCN(C(=O)Cc2ccccc2C(F)(F)F)C1. The number of carbonyl (C=O) groups is 1. The molecule has 1 amide bonds. The summed E-state index contributed by atoms with van der Waals surface area (Å²) in [5, 5.41) is 0. The van der Waals surface area contributed by atoms with Gasteiger partial charge in [0.15, 0.2) is 0 Å². The van der Waals surface area contributed by atoms with Crippen LogP contribution in [0.15, 0.2) is 24.3 Å². The van der Waals surface area contributed by atoms with E-state index in [1.54, 1.807) is 4.90 Å². The first-order chi connectivity index (χ1) is 9.41. The first-order valence-corrected chi connectivity index (χ1v) is 6.54. The van der Waals surface area contributed by atoms with E-state index in [4.69, 9.17) is 5.73 Å². The lowest BCUT2D eigenvalue weighted by molar-refractivity contribution is -0.138. The fourth-order valence-corrected chi connectivity index (χ4v) is 2.48. The van der Waals surface area contributed by atoms with Gasteiger partial charge in [-0.25, -0.2) is 0 Å². The van der Waals surface area contributed by atoms with Crippen molar-refractivity contribution in [1.82, 2.24) is 4.90 Å². The molecule has 1 saturated heterocycles. The fourth-order valence-electron chi connectivity index (χ4n) is 2.48. The Morgan fingerprint density at radius 2 is 2.05 bits per heavy atom. The Morgan fingerprint density at radius 1 is 1.35 bits per heavy atom. The van der Waals surface area contributed by atoms with Crippen molar-refractivity contribution >= 4 is 5.91 Å². The van der Waals surface area contributed by atoms with Crippen molar-refractivity contribution in [1.29, 1.82) is 0 Å². The fraction of sp³-hybridized carbons (Fsp3) is 0.500. The lowest BCUT2D eigenvalue weighted by atomic mass is 10.0. The molecule has 20 heavy (non-hydrogen) atoms. The summed E-state index contributed by atoms with van der Waals surface area (Å²) in [6.07, 6.45) is -3.82. The number of hydrogen-bond donors (Lipinski definition) is 1. The van der Waals surface area contributed by atoms with Crippen LogP contribution in [-0.4, -0.2) is 30.4 Å². The molecule has 0 aromatic heterocycles. The van der Waals surface area contributed by atoms with Gasteiger partial charge in [-0.05, 0) is 30.5 Å². The molecule has 3 nitrogen and oxygen atoms in total. The minimum Gasteiger partial charge on any atom is -0.342 e. The largest absolute Gasteiger partial charge is 0.416 e. The molecule has 1 heterocycles. The van der Waals surface area contributed by atoms with Gasteiger partial charge < -0.3 is 10.6 Å². The number of nitrogens with two attached hydrogens (primary N) is 1. The van der Waals surface area contributed by atoms with Crippen molar-refractivity contribution in [2.75, 3.05) is 19.6 Å². The second kappa shape index (κ2) is 5.83. The van der Waals surface area contributed by atoms with Crippen molar-refractivity contribution in [3.63, 3.8) is 0 Å². The van der Waals surface area contributed by atoms with Gasteiger partial charge in [0.2, 0.25) is 5.91 Å². The number of halogens is 3. The van der Waals surface area contributed by atoms with Gasteiger partial charge in [-0.3, -0.25) is 4.79 Å². The molecular formula is C14H17F3N2O. The molecular weight excluding hydrogens is 269 g/mol. The van der Waals surface area contributed by atoms with Crippen LogP contribution in [0.2, 0.25) is 0 Å². The van der Waals surface area contributed by atoms with E-state index in [0.29, 0.717) is 19.6 Å². The predicted octanol–water partition coefficient (Wildman–Crippen LogP) is 2.06. The third-order valence-electron chi connectivity index (χ3n) is 3.64. The Balaban J connectivity index is 2.09. The van der Waals surface area contributed by atoms with Crippen molar-refractivity contribution < 1.29 is 18.0 Å². The molecule has 110 valence electrons. The molecule has 6 heteroatoms. The quantitative estimate of drug-likeness (QED) is 0.924. The Morgan fingerprint density at radius 3 is 2.65 bits per heavy atom. The van der Waals surface area contributed by atoms with E-state index in [-0.39, 0.29) is 23.8 Å². The number of rotatable bonds is 3. The van der Waals surface area contributed by atoms with Crippen LogP contribution in [0.1, 0.15) is 17.5 Å². The maximum Gasteiger partial charge on any atom is 0.416 e. The van der Waals surface area contributed by atoms with Crippen molar-refractivity contribution in [3.05, 3.63) is 35.4 Å². The molecule has 1 aromatic carbocycles. The van der Waals surface area contributed by atoms with E-state index in [2.05, 4.69) is 0 Å². The van der Waals surface area contributed by atoms with Crippen LogP contribution < -0.4 is 5.73 Å². The molecule has 0 radical (unpaired) electrons. The summed E-state index contributed by atoms with van der Waals surface area (Å²) in [6.45, 7) is 1.63. The van der Waals surface area contributed by atoms with E-state index in [9.17, 15) is 18.0 Å². The normalized spacial score (nSPS) is 19.4. The van der Waals surface area contributed by atoms with Crippen molar-refractivity contribution in [2.45, 2.75) is 19.0 Å². The van der Waals surface area contributed by atoms with Gasteiger partial charge in [-0.15, -0.1) is 0 Å². The van der Waals surface area contributed by atoms with Gasteiger partial charge in [0.1, 0.15) is 0 Å². The lowest BCUT2D eigenvalue weighted by Gasteiger charge is -2.18. The number of hydrogen-bond acceptors (Lipinski definition) is 2. The maximum absolute atomic E-state index is 12.9. The molecule has 0 saturated carbocycles. The van der Waals surface area contributed by atoms with Gasteiger partial charge in [0.25, 0.3) is 0 Å². The second-order valence-electron chi connectivity index (χ2n) is 5.06. The molecule has 1 fully saturated rings. The summed E-state index contributed by atoms with van der Waals surface area (Å²) in [4.78, 5) is 13.7. The Labute approximate surface area is 115 Å². The molecule has 1 aliphatic heterocycles. The molecule has 0 aliphatic carbocycles. The summed E-state index contributed by atoms with van der Waals surface area (Å²) < 4.78 is 38.6. The zero-order valence-electron chi connectivity index (χ0n) is 11.0. The van der Waals surface area contributed by atoms with Crippen LogP contribution in [0.4, 0.5) is 13.2 Å². The van der Waals surface area contributed by atoms with E-state index in [1.165, 1.54) is 18.2 Å². The highest BCUT2D eigenvalue weighted by molar-refractivity contribution is 5.79. The number of likely N-dealkylation sites (tertiary alicyclic amines) is 1. The Kier molecular flexibility index (Phi) is 4.32. The van der Waals surface area contributed by atoms with E-state index >= 15 is 0 Å². The number of amides is 1. The van der Waals surface area contributed by atoms with Crippen LogP contribution in [0, 0.1) is 5.92 Å². The maximum atomic E-state index is 12.9. The standard InChI is InChI=1S/C14H17F3N2O/c15-14(16,17)12-4-2-1-3-11(12)7-13(20)19-6-5-10(8-18)9-19/h1-4,10H,5-9,18H2/t10-/m0/s1. The van der Waals surface area contributed by atoms with Crippen molar-refractivity contribution in [2.24, 2.45) is 11.7 Å². The molecule has 2 rings (SSSR count). The topological polar surface area (TPSA) is 46.3 Å². The molecule has 2 N–H and O–H groups in total. The van der Waals surface area contributed by atoms with Crippen LogP contribution >= 0.6 is 0 Å². The molecule has 1 atom stereocenters. The van der Waals surface area contributed by atoms with Crippen LogP contribution in [0.25, 0.3) is 0 Å². The highest BCUT2D eigenvalue weighted by Gasteiger charge is 2.34. The third-order valence-corrected chi connectivity index (χ3v) is 3.64. The van der Waals surface area contributed by atoms with Gasteiger partial charge in [0, 0.05) is 13.1 Å². The zero-order chi connectivity index (χ0) is 14.8. The predicted molar refractivity (Wildman–Crippen MR) is 68.9 cm³/mol. The van der Waals surface area contributed by atoms with Gasteiger partial charge in [-0.2, -0.15) is 13.2 Å². The van der Waals surface area contributed by atoms with Crippen LogP contribution in [0.5, 0.6) is 0 Å². The summed E-state index contributed by atoms with van der Waals surface area (Å²) >= 11 is 0. The summed E-state index contributed by atoms with van der Waals surface area (Å²) in [6, 6.07) is 5.22. The molecule has 0 spiro atoms. The zero-order valence-corrected chi connectivity index (χ0v) is 11.0. The molecule has 0 bridgehead atoms. The monoisotopic (exact) mass is 286 g/mol. The smallest absolute Gasteiger partial charge is 0.342 e. The number of carbonyl (C=O) groups excluding carboxylic acids is 1. The minimum atomic E-state index is -4.43. The molecule has 1 aromatic rings. The van der Waals surface area contributed by atoms with E-state index in [1.807, 2.05) is 0 Å². The Bertz CT molecular complexity index is 488. The number of alkyl halides is 3. The Hall–Kier alpha value is -1.56. The van der Waals surface area contributed by atoms with Crippen LogP contribution in [-0.2, 0) is 17.4 Å². The van der Waals surface area contributed by atoms with Gasteiger partial charge in [-0.1, -0.05) is 18.2 Å². The first-order valence-electron chi connectivity index (χ1n) is 6.54. The lowest BCUT2D eigenvalue weighted by Crippen LogP contribution is -2.31. The summed E-state index contributed by atoms with van der Waals surface area (Å²) in [5.74, 6) is -0.00513. The summed E-state index contributed by atoms with van der Waals surface area (Å²) in [7, 11) is 0. The molecule has 1 aliphatic rings. The number of benzene rings is 1. The third kappa shape index (κ3) is 3.30. The summed E-state index contributed by atoms with van der Waals surface area (Å²) in [5.41, 5.74) is 4.84. The second-order valence-corrected chi connectivity index (χ2v) is 5.06. The average molecular weight is 286 g/mol. The average Bonchev–Trinajstić information content (AvgIpc) is 2.87. The minimum absolute atomic E-state index is 0.0289. The van der Waals surface area contributed by atoms with Gasteiger partial charge >= 0.3 is 6.18 Å². The molecule has 0 unspecified atom stereocenters. The van der Waals surface area contributed by atoms with E-state index < -0.39 is 11.7 Å². The highest BCUT2D eigenvalue weighted by atomic mass is 19.4. The van der Waals surface area contributed by atoms with Crippen molar-refractivity contribution in [3.8, 4) is 0 Å². The first kappa shape index (κ1) is 14.8.